The van der Waals surface area contributed by atoms with Gasteiger partial charge < -0.3 is 20.3 Å². The van der Waals surface area contributed by atoms with Crippen molar-refractivity contribution in [1.82, 2.24) is 5.32 Å². The fraction of sp³-hybridized carbons (Fsp3) is 0.857. The minimum atomic E-state index is -0.853. The Morgan fingerprint density at radius 3 is 1.04 bits per heavy atom. The van der Waals surface area contributed by atoms with Crippen LogP contribution in [0.5, 0.6) is 0 Å². The Labute approximate surface area is 474 Å². The number of esters is 1. The van der Waals surface area contributed by atoms with Crippen LogP contribution in [0.3, 0.4) is 0 Å². The molecule has 0 saturated carbocycles. The molecule has 0 saturated heterocycles. The average Bonchev–Trinajstić information content (AvgIpc) is 3.42. The first-order chi connectivity index (χ1) is 37.5. The molecule has 1 amide bonds. The van der Waals surface area contributed by atoms with E-state index in [-0.39, 0.29) is 18.5 Å². The van der Waals surface area contributed by atoms with E-state index in [1.165, 1.54) is 276 Å². The van der Waals surface area contributed by atoms with Gasteiger partial charge in [0.25, 0.3) is 0 Å². The van der Waals surface area contributed by atoms with E-state index in [4.69, 9.17) is 4.74 Å². The van der Waals surface area contributed by atoms with Crippen LogP contribution < -0.4 is 5.32 Å². The Kier molecular flexibility index (Phi) is 63.5. The fourth-order valence-electron chi connectivity index (χ4n) is 10.4. The summed E-state index contributed by atoms with van der Waals surface area (Å²) in [5.74, 6) is -0.0823. The maximum Gasteiger partial charge on any atom is 0.305 e. The summed E-state index contributed by atoms with van der Waals surface area (Å²) in [4.78, 5) is 24.6. The van der Waals surface area contributed by atoms with Crippen LogP contribution in [-0.4, -0.2) is 47.4 Å². The largest absolute Gasteiger partial charge is 0.466 e. The number of ether oxygens (including phenoxy) is 1. The molecular weight excluding hydrogens is 935 g/mol. The minimum Gasteiger partial charge on any atom is -0.466 e. The molecule has 0 aliphatic rings. The van der Waals surface area contributed by atoms with Gasteiger partial charge in [-0.2, -0.15) is 0 Å². The highest BCUT2D eigenvalue weighted by molar-refractivity contribution is 5.76. The van der Waals surface area contributed by atoms with Crippen molar-refractivity contribution in [2.45, 2.75) is 373 Å². The number of carbonyl (C=O) groups is 2. The lowest BCUT2D eigenvalue weighted by atomic mass is 10.0. The van der Waals surface area contributed by atoms with Crippen molar-refractivity contribution in [2.24, 2.45) is 0 Å². The zero-order chi connectivity index (χ0) is 55.0. The van der Waals surface area contributed by atoms with Crippen LogP contribution in [0.1, 0.15) is 361 Å². The fourth-order valence-corrected chi connectivity index (χ4v) is 10.4. The van der Waals surface area contributed by atoms with Gasteiger partial charge >= 0.3 is 5.97 Å². The molecule has 0 radical (unpaired) electrons. The molecule has 0 rings (SSSR count). The van der Waals surface area contributed by atoms with E-state index in [9.17, 15) is 19.8 Å². The number of aliphatic hydroxyl groups is 2. The second kappa shape index (κ2) is 65.3. The summed E-state index contributed by atoms with van der Waals surface area (Å²) in [7, 11) is 0. The van der Waals surface area contributed by atoms with E-state index in [0.29, 0.717) is 19.4 Å². The molecule has 6 heteroatoms. The normalized spacial score (nSPS) is 12.8. The topological polar surface area (TPSA) is 95.9 Å². The van der Waals surface area contributed by atoms with Crippen molar-refractivity contribution in [2.75, 3.05) is 13.2 Å². The van der Waals surface area contributed by atoms with Crippen LogP contribution in [0.15, 0.2) is 48.6 Å². The summed E-state index contributed by atoms with van der Waals surface area (Å²) in [6.45, 7) is 4.88. The van der Waals surface area contributed by atoms with Gasteiger partial charge in [0.15, 0.2) is 0 Å². The number of hydrogen-bond donors (Lipinski definition) is 3. The van der Waals surface area contributed by atoms with Gasteiger partial charge in [0.2, 0.25) is 5.91 Å². The van der Waals surface area contributed by atoms with Crippen LogP contribution in [0.25, 0.3) is 0 Å². The lowest BCUT2D eigenvalue weighted by Gasteiger charge is -2.20. The minimum absolute atomic E-state index is 0.00828. The first-order valence-electron chi connectivity index (χ1n) is 33.9. The van der Waals surface area contributed by atoms with Crippen LogP contribution in [0, 0.1) is 0 Å². The zero-order valence-corrected chi connectivity index (χ0v) is 51.0. The summed E-state index contributed by atoms with van der Waals surface area (Å²) in [5, 5.41) is 23.3. The summed E-state index contributed by atoms with van der Waals surface area (Å²) in [6, 6.07) is -0.637. The maximum atomic E-state index is 12.5. The molecule has 3 N–H and O–H groups in total. The quantitative estimate of drug-likeness (QED) is 0.0320. The molecule has 2 unspecified atom stereocenters. The molecule has 2 atom stereocenters. The van der Waals surface area contributed by atoms with Gasteiger partial charge in [-0.25, -0.2) is 0 Å². The van der Waals surface area contributed by atoms with E-state index in [1.54, 1.807) is 6.08 Å². The number of rotatable bonds is 63. The second-order valence-corrected chi connectivity index (χ2v) is 23.1. The number of allylic oxidation sites excluding steroid dienone is 7. The third-order valence-corrected chi connectivity index (χ3v) is 15.6. The first-order valence-corrected chi connectivity index (χ1v) is 33.9. The first kappa shape index (κ1) is 73.8. The van der Waals surface area contributed by atoms with Crippen molar-refractivity contribution < 1.29 is 24.5 Å². The molecular formula is C70H131NO5. The third kappa shape index (κ3) is 61.0. The number of amides is 1. The molecule has 0 fully saturated rings. The molecule has 0 spiro atoms. The van der Waals surface area contributed by atoms with Crippen molar-refractivity contribution in [3.05, 3.63) is 48.6 Å². The Balaban J connectivity index is 3.47. The van der Waals surface area contributed by atoms with Crippen molar-refractivity contribution >= 4 is 11.9 Å². The van der Waals surface area contributed by atoms with E-state index in [0.717, 1.165) is 57.8 Å². The third-order valence-electron chi connectivity index (χ3n) is 15.6. The maximum absolute atomic E-state index is 12.5. The Morgan fingerprint density at radius 1 is 0.368 bits per heavy atom. The highest BCUT2D eigenvalue weighted by Crippen LogP contribution is 2.18. The van der Waals surface area contributed by atoms with E-state index in [1.807, 2.05) is 6.08 Å². The Morgan fingerprint density at radius 2 is 0.658 bits per heavy atom. The van der Waals surface area contributed by atoms with Gasteiger partial charge in [0, 0.05) is 12.8 Å². The Hall–Kier alpha value is -2.18. The van der Waals surface area contributed by atoms with Crippen molar-refractivity contribution in [3.8, 4) is 0 Å². The zero-order valence-electron chi connectivity index (χ0n) is 51.0. The molecule has 0 aliphatic carbocycles. The van der Waals surface area contributed by atoms with Crippen LogP contribution >= 0.6 is 0 Å². The van der Waals surface area contributed by atoms with Crippen LogP contribution in [0.2, 0.25) is 0 Å². The van der Waals surface area contributed by atoms with E-state index >= 15 is 0 Å². The standard InChI is InChI=1S/C70H131NO5/c1-3-5-7-9-11-13-15-17-19-20-21-22-23-24-25-28-31-35-38-42-46-50-54-58-62-68(73)67(66-72)71-69(74)63-59-55-51-47-43-39-36-32-29-26-27-30-33-37-41-45-49-53-57-61-65-76-70(75)64-60-56-52-48-44-40-34-18-16-14-12-10-8-6-4-2/h12,14,18,26,29,34,58,62,67-68,72-73H,3-11,13,15-17,19-25,27-28,30-33,35-57,59-61,63-66H2,1-2H3,(H,71,74)/b14-12-,29-26-,34-18-,62-58+. The molecule has 0 bridgehead atoms. The molecule has 0 aromatic heterocycles. The Bertz CT molecular complexity index is 1270. The predicted octanol–water partition coefficient (Wildman–Crippen LogP) is 21.7. The van der Waals surface area contributed by atoms with Gasteiger partial charge in [-0.05, 0) is 89.9 Å². The van der Waals surface area contributed by atoms with Crippen LogP contribution in [0.4, 0.5) is 0 Å². The molecule has 0 aromatic rings. The lowest BCUT2D eigenvalue weighted by Crippen LogP contribution is -2.45. The van der Waals surface area contributed by atoms with Gasteiger partial charge in [-0.1, -0.05) is 306 Å². The highest BCUT2D eigenvalue weighted by Gasteiger charge is 2.18. The summed E-state index contributed by atoms with van der Waals surface area (Å²) in [6.07, 6.45) is 84.5. The smallest absolute Gasteiger partial charge is 0.305 e. The molecule has 0 aliphatic heterocycles. The number of nitrogens with one attached hydrogen (secondary N) is 1. The molecule has 0 aromatic carbocycles. The molecule has 6 nitrogen and oxygen atoms in total. The summed E-state index contributed by atoms with van der Waals surface area (Å²) >= 11 is 0. The van der Waals surface area contributed by atoms with Crippen LogP contribution in [-0.2, 0) is 14.3 Å². The lowest BCUT2D eigenvalue weighted by molar-refractivity contribution is -0.143. The number of hydrogen-bond acceptors (Lipinski definition) is 5. The number of aliphatic hydroxyl groups excluding tert-OH is 2. The average molecular weight is 1070 g/mol. The van der Waals surface area contributed by atoms with Gasteiger partial charge in [0.05, 0.1) is 25.4 Å². The van der Waals surface area contributed by atoms with Crippen molar-refractivity contribution in [3.63, 3.8) is 0 Å². The van der Waals surface area contributed by atoms with Crippen molar-refractivity contribution in [1.29, 1.82) is 0 Å². The highest BCUT2D eigenvalue weighted by atomic mass is 16.5. The van der Waals surface area contributed by atoms with E-state index < -0.39 is 12.1 Å². The van der Waals surface area contributed by atoms with Gasteiger partial charge in [0.1, 0.15) is 0 Å². The van der Waals surface area contributed by atoms with E-state index in [2.05, 4.69) is 55.6 Å². The molecule has 76 heavy (non-hydrogen) atoms. The summed E-state index contributed by atoms with van der Waals surface area (Å²) in [5.41, 5.74) is 0. The number of unbranched alkanes of at least 4 members (excludes halogenated alkanes) is 46. The summed E-state index contributed by atoms with van der Waals surface area (Å²) < 4.78 is 5.48. The molecule has 0 heterocycles. The van der Waals surface area contributed by atoms with Gasteiger partial charge in [-0.3, -0.25) is 9.59 Å². The van der Waals surface area contributed by atoms with Gasteiger partial charge in [-0.15, -0.1) is 0 Å². The SMILES string of the molecule is CCCCC/C=C\C/C=C\CCCCCCCC(=O)OCCCCCCCCCCC/C=C\CCCCCCCCCC(=O)NC(CO)C(O)/C=C/CCCCCCCCCCCCCCCCCCCCCCCC. The number of carbonyl (C=O) groups excluding carboxylic acids is 2. The molecule has 446 valence electrons. The second-order valence-electron chi connectivity index (χ2n) is 23.1. The predicted molar refractivity (Wildman–Crippen MR) is 333 cm³/mol. The monoisotopic (exact) mass is 1070 g/mol.